The Bertz CT molecular complexity index is 940. The largest absolute Gasteiger partial charge is 0.496 e. The van der Waals surface area contributed by atoms with E-state index in [-0.39, 0.29) is 0 Å². The van der Waals surface area contributed by atoms with E-state index in [1.54, 1.807) is 20.4 Å². The molecule has 0 fully saturated rings. The van der Waals surface area contributed by atoms with Crippen molar-refractivity contribution < 1.29 is 14.2 Å². The van der Waals surface area contributed by atoms with Crippen molar-refractivity contribution in [3.05, 3.63) is 53.4 Å². The van der Waals surface area contributed by atoms with E-state index >= 15 is 0 Å². The van der Waals surface area contributed by atoms with Crippen molar-refractivity contribution in [1.82, 2.24) is 4.98 Å². The molecule has 146 valence electrons. The summed E-state index contributed by atoms with van der Waals surface area (Å²) in [4.78, 5) is 4.57. The minimum atomic E-state index is 0.639. The molecule has 1 N–H and O–H groups in total. The lowest BCUT2D eigenvalue weighted by atomic mass is 10.1. The van der Waals surface area contributed by atoms with Crippen molar-refractivity contribution in [3.8, 4) is 28.5 Å². The Kier molecular flexibility index (Phi) is 6.86. The lowest BCUT2D eigenvalue weighted by molar-refractivity contribution is 0.294. The second-order valence-electron chi connectivity index (χ2n) is 5.87. The fraction of sp³-hybridized carbons (Fsp3) is 0.238. The van der Waals surface area contributed by atoms with E-state index in [1.807, 2.05) is 47.8 Å². The van der Waals surface area contributed by atoms with Gasteiger partial charge in [0.15, 0.2) is 11.5 Å². The molecule has 0 unspecified atom stereocenters. The molecule has 1 heterocycles. The van der Waals surface area contributed by atoms with E-state index in [4.69, 9.17) is 14.2 Å². The molecule has 0 spiro atoms. The van der Waals surface area contributed by atoms with Crippen LogP contribution in [0.25, 0.3) is 11.3 Å². The van der Waals surface area contributed by atoms with Crippen molar-refractivity contribution in [2.45, 2.75) is 13.3 Å². The van der Waals surface area contributed by atoms with Crippen molar-refractivity contribution in [1.29, 1.82) is 0 Å². The SMILES string of the molecule is CCCOc1cc(/C=N\Nc2nc(-c3ccccc3OC)cs2)ccc1OC. The van der Waals surface area contributed by atoms with Crippen LogP contribution in [0.4, 0.5) is 5.13 Å². The third-order valence-electron chi connectivity index (χ3n) is 3.91. The number of nitrogens with one attached hydrogen (secondary N) is 1. The van der Waals surface area contributed by atoms with Crippen molar-refractivity contribution >= 4 is 22.7 Å². The average molecular weight is 398 g/mol. The van der Waals surface area contributed by atoms with Crippen molar-refractivity contribution in [3.63, 3.8) is 0 Å². The summed E-state index contributed by atoms with van der Waals surface area (Å²) in [7, 11) is 3.28. The third kappa shape index (κ3) is 4.80. The van der Waals surface area contributed by atoms with E-state index in [2.05, 4.69) is 22.4 Å². The second-order valence-corrected chi connectivity index (χ2v) is 6.73. The second kappa shape index (κ2) is 9.75. The van der Waals surface area contributed by atoms with Gasteiger partial charge in [-0.15, -0.1) is 11.3 Å². The van der Waals surface area contributed by atoms with Gasteiger partial charge in [0.05, 0.1) is 32.7 Å². The molecule has 3 aromatic rings. The van der Waals surface area contributed by atoms with Crippen LogP contribution in [0.2, 0.25) is 0 Å². The predicted octanol–water partition coefficient (Wildman–Crippen LogP) is 5.06. The maximum atomic E-state index is 5.73. The van der Waals surface area contributed by atoms with Crippen LogP contribution < -0.4 is 19.6 Å². The molecule has 0 aliphatic heterocycles. The number of nitrogens with zero attached hydrogens (tertiary/aromatic N) is 2. The number of methoxy groups -OCH3 is 2. The zero-order valence-corrected chi connectivity index (χ0v) is 17.0. The molecule has 0 atom stereocenters. The number of hydrazone groups is 1. The Balaban J connectivity index is 1.69. The number of hydrogen-bond acceptors (Lipinski definition) is 7. The first-order chi connectivity index (χ1) is 13.7. The minimum absolute atomic E-state index is 0.639. The number of benzene rings is 2. The van der Waals surface area contributed by atoms with E-state index in [9.17, 15) is 0 Å². The number of anilines is 1. The maximum Gasteiger partial charge on any atom is 0.203 e. The molecule has 2 aromatic carbocycles. The summed E-state index contributed by atoms with van der Waals surface area (Å²) in [6.45, 7) is 2.70. The number of ether oxygens (including phenoxy) is 3. The van der Waals surface area contributed by atoms with Gasteiger partial charge in [-0.1, -0.05) is 19.1 Å². The number of aromatic nitrogens is 1. The number of hydrogen-bond donors (Lipinski definition) is 1. The fourth-order valence-corrected chi connectivity index (χ4v) is 3.22. The van der Waals surface area contributed by atoms with Crippen molar-refractivity contribution in [2.75, 3.05) is 26.3 Å². The molecule has 0 bridgehead atoms. The van der Waals surface area contributed by atoms with Gasteiger partial charge < -0.3 is 14.2 Å². The van der Waals surface area contributed by atoms with Gasteiger partial charge in [-0.25, -0.2) is 4.98 Å². The Morgan fingerprint density at radius 1 is 1.07 bits per heavy atom. The van der Waals surface area contributed by atoms with E-state index in [1.165, 1.54) is 11.3 Å². The Morgan fingerprint density at radius 3 is 2.68 bits per heavy atom. The minimum Gasteiger partial charge on any atom is -0.496 e. The standard InChI is InChI=1S/C21H23N3O3S/c1-4-11-27-20-12-15(9-10-19(20)26-3)13-22-24-21-23-17(14-28-21)16-7-5-6-8-18(16)25-2/h5-10,12-14H,4,11H2,1-3H3,(H,23,24)/b22-13-. The first-order valence-corrected chi connectivity index (χ1v) is 9.82. The van der Waals surface area contributed by atoms with E-state index in [0.29, 0.717) is 23.2 Å². The highest BCUT2D eigenvalue weighted by Gasteiger charge is 2.09. The van der Waals surface area contributed by atoms with Gasteiger partial charge in [0.2, 0.25) is 5.13 Å². The Morgan fingerprint density at radius 2 is 1.89 bits per heavy atom. The normalized spacial score (nSPS) is 10.8. The predicted molar refractivity (Wildman–Crippen MR) is 114 cm³/mol. The summed E-state index contributed by atoms with van der Waals surface area (Å²) in [6.07, 6.45) is 2.66. The van der Waals surface area contributed by atoms with Crippen LogP contribution in [0, 0.1) is 0 Å². The summed E-state index contributed by atoms with van der Waals surface area (Å²) in [5, 5.41) is 6.96. The lowest BCUT2D eigenvalue weighted by Crippen LogP contribution is -1.99. The summed E-state index contributed by atoms with van der Waals surface area (Å²) < 4.78 is 16.5. The number of thiazole rings is 1. The zero-order valence-electron chi connectivity index (χ0n) is 16.1. The summed E-state index contributed by atoms with van der Waals surface area (Å²) in [5.41, 5.74) is 5.68. The molecule has 1 aromatic heterocycles. The molecule has 28 heavy (non-hydrogen) atoms. The number of rotatable bonds is 9. The summed E-state index contributed by atoms with van der Waals surface area (Å²) in [6, 6.07) is 13.5. The van der Waals surface area contributed by atoms with Crippen LogP contribution in [0.1, 0.15) is 18.9 Å². The Hall–Kier alpha value is -3.06. The topological polar surface area (TPSA) is 65.0 Å². The van der Waals surface area contributed by atoms with Crippen LogP contribution in [-0.2, 0) is 0 Å². The van der Waals surface area contributed by atoms with Gasteiger partial charge in [0.25, 0.3) is 0 Å². The molecular formula is C21H23N3O3S. The van der Waals surface area contributed by atoms with Gasteiger partial charge in [-0.05, 0) is 42.3 Å². The molecule has 0 radical (unpaired) electrons. The maximum absolute atomic E-state index is 5.73. The highest BCUT2D eigenvalue weighted by molar-refractivity contribution is 7.14. The average Bonchev–Trinajstić information content (AvgIpc) is 3.21. The number of para-hydroxylation sites is 1. The fourth-order valence-electron chi connectivity index (χ4n) is 2.57. The molecule has 0 saturated carbocycles. The molecule has 7 heteroatoms. The molecule has 0 aliphatic carbocycles. The highest BCUT2D eigenvalue weighted by Crippen LogP contribution is 2.32. The summed E-state index contributed by atoms with van der Waals surface area (Å²) in [5.74, 6) is 2.21. The van der Waals surface area contributed by atoms with E-state index in [0.717, 1.165) is 29.0 Å². The summed E-state index contributed by atoms with van der Waals surface area (Å²) >= 11 is 1.48. The van der Waals surface area contributed by atoms with Crippen LogP contribution in [-0.4, -0.2) is 32.0 Å². The molecular weight excluding hydrogens is 374 g/mol. The van der Waals surface area contributed by atoms with Gasteiger partial charge in [0.1, 0.15) is 5.75 Å². The molecule has 3 rings (SSSR count). The molecule has 0 amide bonds. The molecule has 6 nitrogen and oxygen atoms in total. The first-order valence-electron chi connectivity index (χ1n) is 8.94. The van der Waals surface area contributed by atoms with Crippen LogP contribution in [0.3, 0.4) is 0 Å². The highest BCUT2D eigenvalue weighted by atomic mass is 32.1. The first kappa shape index (κ1) is 19.7. The van der Waals surface area contributed by atoms with Gasteiger partial charge in [-0.3, -0.25) is 5.43 Å². The van der Waals surface area contributed by atoms with Gasteiger partial charge in [-0.2, -0.15) is 5.10 Å². The quantitative estimate of drug-likeness (QED) is 0.404. The van der Waals surface area contributed by atoms with Crippen LogP contribution in [0.15, 0.2) is 52.9 Å². The van der Waals surface area contributed by atoms with Crippen molar-refractivity contribution in [2.24, 2.45) is 5.10 Å². The monoisotopic (exact) mass is 397 g/mol. The zero-order chi connectivity index (χ0) is 19.8. The van der Waals surface area contributed by atoms with Gasteiger partial charge in [0, 0.05) is 10.9 Å². The molecule has 0 saturated heterocycles. The smallest absolute Gasteiger partial charge is 0.203 e. The van der Waals surface area contributed by atoms with Gasteiger partial charge >= 0.3 is 0 Å². The van der Waals surface area contributed by atoms with E-state index < -0.39 is 0 Å². The Labute approximate surface area is 168 Å². The molecule has 0 aliphatic rings. The third-order valence-corrected chi connectivity index (χ3v) is 4.66. The van der Waals surface area contributed by atoms with Crippen LogP contribution in [0.5, 0.6) is 17.2 Å². The lowest BCUT2D eigenvalue weighted by Gasteiger charge is -2.10. The van der Waals surface area contributed by atoms with Crippen LogP contribution >= 0.6 is 11.3 Å².